The summed E-state index contributed by atoms with van der Waals surface area (Å²) in [4.78, 5) is 33.4. The molecule has 4 heterocycles. The van der Waals surface area contributed by atoms with Crippen LogP contribution < -0.4 is 11.1 Å². The second kappa shape index (κ2) is 14.4. The zero-order valence-corrected chi connectivity index (χ0v) is 30.8. The van der Waals surface area contributed by atoms with Crippen molar-refractivity contribution in [3.05, 3.63) is 190 Å². The Kier molecular flexibility index (Phi) is 8.83. The van der Waals surface area contributed by atoms with Gasteiger partial charge < -0.3 is 9.13 Å². The minimum Gasteiger partial charge on any atom is -0.301 e. The number of hydrogen-bond donors (Lipinski definition) is 1. The number of aromatic amines is 1. The molecule has 0 spiro atoms. The topological polar surface area (TPSA) is 116 Å². The van der Waals surface area contributed by atoms with Crippen LogP contribution in [0.2, 0.25) is 0 Å². The molecule has 0 radical (unpaired) electrons. The molecule has 0 fully saturated rings. The summed E-state index contributed by atoms with van der Waals surface area (Å²) in [5, 5.41) is 14.1. The number of benzene rings is 6. The third kappa shape index (κ3) is 6.64. The van der Waals surface area contributed by atoms with Crippen molar-refractivity contribution in [2.75, 3.05) is 0 Å². The van der Waals surface area contributed by atoms with Gasteiger partial charge in [0.1, 0.15) is 0 Å². The molecule has 1 N–H and O–H groups in total. The number of aryl methyl sites for hydroxylation is 2. The first-order chi connectivity index (χ1) is 27.4. The van der Waals surface area contributed by atoms with E-state index in [0.29, 0.717) is 13.1 Å². The summed E-state index contributed by atoms with van der Waals surface area (Å²) in [6.45, 7) is 3.02. The number of rotatable bonds is 6. The zero-order valence-electron chi connectivity index (χ0n) is 30.8. The molecule has 10 nitrogen and oxygen atoms in total. The van der Waals surface area contributed by atoms with Crippen LogP contribution in [0.3, 0.4) is 0 Å². The van der Waals surface area contributed by atoms with E-state index in [1.165, 1.54) is 12.4 Å². The second-order valence-corrected chi connectivity index (χ2v) is 13.9. The van der Waals surface area contributed by atoms with E-state index in [4.69, 9.17) is 0 Å². The average molecular weight is 733 g/mol. The second-order valence-electron chi connectivity index (χ2n) is 13.9. The van der Waals surface area contributed by atoms with Gasteiger partial charge in [-0.2, -0.15) is 10.2 Å². The quantitative estimate of drug-likeness (QED) is 0.184. The number of para-hydroxylation sites is 4. The highest BCUT2D eigenvalue weighted by Crippen LogP contribution is 2.29. The van der Waals surface area contributed by atoms with Gasteiger partial charge in [-0.05, 0) is 88.8 Å². The molecule has 0 aliphatic carbocycles. The van der Waals surface area contributed by atoms with Crippen molar-refractivity contribution in [2.45, 2.75) is 20.0 Å². The van der Waals surface area contributed by atoms with Gasteiger partial charge in [-0.3, -0.25) is 19.4 Å². The molecule has 6 aromatic carbocycles. The SMILES string of the molecule is Cc1[nH]nc2cc(-c3cccc(Cn4c(=O)cnc5ccccc54)c3)ccc12.Cn1cc2c(-c3cccc(Cn4c(=O)cnc5ccccc54)c3)cccc2n1. The van der Waals surface area contributed by atoms with E-state index in [1.807, 2.05) is 104 Å². The summed E-state index contributed by atoms with van der Waals surface area (Å²) < 4.78 is 5.37. The molecule has 0 aliphatic rings. The molecular weight excluding hydrogens is 697 g/mol. The minimum atomic E-state index is -0.0995. The van der Waals surface area contributed by atoms with Gasteiger partial charge in [0.05, 0.1) is 58.6 Å². The first-order valence-electron chi connectivity index (χ1n) is 18.3. The Morgan fingerprint density at radius 3 is 1.80 bits per heavy atom. The van der Waals surface area contributed by atoms with Crippen molar-refractivity contribution < 1.29 is 0 Å². The maximum atomic E-state index is 12.5. The Hall–Kier alpha value is -7.46. The molecule has 0 saturated heterocycles. The fraction of sp³-hybridized carbons (Fsp3) is 0.0870. The van der Waals surface area contributed by atoms with Crippen molar-refractivity contribution in [1.82, 2.24) is 39.1 Å². The maximum absolute atomic E-state index is 12.5. The zero-order chi connectivity index (χ0) is 38.2. The van der Waals surface area contributed by atoms with Crippen LogP contribution >= 0.6 is 0 Å². The van der Waals surface area contributed by atoms with E-state index >= 15 is 0 Å². The Balaban J connectivity index is 0.000000146. The predicted molar refractivity (Wildman–Crippen MR) is 223 cm³/mol. The van der Waals surface area contributed by atoms with Gasteiger partial charge in [0, 0.05) is 29.7 Å². The average Bonchev–Trinajstić information content (AvgIpc) is 3.81. The summed E-state index contributed by atoms with van der Waals surface area (Å²) in [5.74, 6) is 0. The molecule has 4 aromatic heterocycles. The van der Waals surface area contributed by atoms with Crippen molar-refractivity contribution in [3.8, 4) is 22.3 Å². The Labute approximate surface area is 321 Å². The summed E-state index contributed by atoms with van der Waals surface area (Å²) >= 11 is 0. The van der Waals surface area contributed by atoms with Crippen molar-refractivity contribution in [1.29, 1.82) is 0 Å². The molecule has 10 aromatic rings. The van der Waals surface area contributed by atoms with Gasteiger partial charge in [0.25, 0.3) is 11.1 Å². The third-order valence-corrected chi connectivity index (χ3v) is 10.1. The monoisotopic (exact) mass is 732 g/mol. The number of fused-ring (bicyclic) bond motifs is 4. The highest BCUT2D eigenvalue weighted by molar-refractivity contribution is 5.94. The molecular formula is C46H36N8O2. The lowest BCUT2D eigenvalue weighted by Crippen LogP contribution is -2.21. The molecule has 0 aliphatic heterocycles. The van der Waals surface area contributed by atoms with Gasteiger partial charge in [-0.15, -0.1) is 0 Å². The molecule has 0 atom stereocenters. The number of nitrogens with zero attached hydrogens (tertiary/aromatic N) is 7. The predicted octanol–water partition coefficient (Wildman–Crippen LogP) is 8.30. The molecule has 0 saturated carbocycles. The van der Waals surface area contributed by atoms with Gasteiger partial charge in [0.15, 0.2) is 0 Å². The maximum Gasteiger partial charge on any atom is 0.269 e. The van der Waals surface area contributed by atoms with Crippen LogP contribution in [0.1, 0.15) is 16.8 Å². The summed E-state index contributed by atoms with van der Waals surface area (Å²) in [6.07, 6.45) is 4.82. The molecule has 0 amide bonds. The Morgan fingerprint density at radius 2 is 1.12 bits per heavy atom. The molecule has 10 heteroatoms. The lowest BCUT2D eigenvalue weighted by molar-refractivity contribution is 0.780. The van der Waals surface area contributed by atoms with Crippen LogP contribution in [-0.4, -0.2) is 39.1 Å². The summed E-state index contributed by atoms with van der Waals surface area (Å²) in [6, 6.07) is 44.5. The molecule has 0 unspecified atom stereocenters. The molecule has 0 bridgehead atoms. The highest BCUT2D eigenvalue weighted by Gasteiger charge is 2.11. The van der Waals surface area contributed by atoms with Crippen LogP contribution in [0.4, 0.5) is 0 Å². The van der Waals surface area contributed by atoms with Gasteiger partial charge in [-0.1, -0.05) is 84.9 Å². The molecule has 56 heavy (non-hydrogen) atoms. The minimum absolute atomic E-state index is 0.0986. The van der Waals surface area contributed by atoms with Gasteiger partial charge >= 0.3 is 0 Å². The van der Waals surface area contributed by atoms with Gasteiger partial charge in [-0.25, -0.2) is 9.97 Å². The van der Waals surface area contributed by atoms with Crippen LogP contribution in [0, 0.1) is 6.92 Å². The van der Waals surface area contributed by atoms with E-state index in [0.717, 1.165) is 82.9 Å². The van der Waals surface area contributed by atoms with Crippen LogP contribution in [0.25, 0.3) is 66.1 Å². The molecule has 272 valence electrons. The first kappa shape index (κ1) is 34.3. The van der Waals surface area contributed by atoms with Crippen LogP contribution in [-0.2, 0) is 20.1 Å². The number of H-pyrrole nitrogens is 1. The number of nitrogens with one attached hydrogen (secondary N) is 1. The number of aromatic nitrogens is 8. The fourth-order valence-corrected chi connectivity index (χ4v) is 7.35. The van der Waals surface area contributed by atoms with Crippen LogP contribution in [0.15, 0.2) is 162 Å². The van der Waals surface area contributed by atoms with Gasteiger partial charge in [0.2, 0.25) is 0 Å². The lowest BCUT2D eigenvalue weighted by atomic mass is 10.00. The normalized spacial score (nSPS) is 11.3. The van der Waals surface area contributed by atoms with E-state index in [2.05, 4.69) is 79.9 Å². The van der Waals surface area contributed by atoms with E-state index in [-0.39, 0.29) is 11.1 Å². The number of hydrogen-bond acceptors (Lipinski definition) is 6. The third-order valence-electron chi connectivity index (χ3n) is 10.1. The van der Waals surface area contributed by atoms with E-state index in [9.17, 15) is 9.59 Å². The fourth-order valence-electron chi connectivity index (χ4n) is 7.35. The standard InChI is InChI=1S/2C23H18N4O/c1-26-15-19-18(8-5-10-20(19)25-26)17-7-4-6-16(12-17)14-27-22-11-3-2-9-21(22)24-13-23(27)28;1-15-19-10-9-18(12-21(19)26-25-15)17-6-4-5-16(11-17)14-27-22-8-3-2-7-20(22)24-13-23(27)28/h2-13,15H,14H2,1H3;2-13H,14H2,1H3,(H,25,26). The van der Waals surface area contributed by atoms with E-state index in [1.54, 1.807) is 9.13 Å². The largest absolute Gasteiger partial charge is 0.301 e. The Morgan fingerprint density at radius 1 is 0.554 bits per heavy atom. The first-order valence-corrected chi connectivity index (χ1v) is 18.3. The van der Waals surface area contributed by atoms with Crippen molar-refractivity contribution in [2.24, 2.45) is 7.05 Å². The smallest absolute Gasteiger partial charge is 0.269 e. The van der Waals surface area contributed by atoms with Crippen LogP contribution in [0.5, 0.6) is 0 Å². The molecule has 10 rings (SSSR count). The lowest BCUT2D eigenvalue weighted by Gasteiger charge is -2.11. The summed E-state index contributed by atoms with van der Waals surface area (Å²) in [7, 11) is 1.93. The summed E-state index contributed by atoms with van der Waals surface area (Å²) in [5.41, 5.74) is 12.7. The Bertz CT molecular complexity index is 3190. The van der Waals surface area contributed by atoms with Crippen molar-refractivity contribution in [3.63, 3.8) is 0 Å². The van der Waals surface area contributed by atoms with E-state index < -0.39 is 0 Å². The highest BCUT2D eigenvalue weighted by atomic mass is 16.1. The van der Waals surface area contributed by atoms with Crippen molar-refractivity contribution >= 4 is 43.9 Å².